The molecular weight excluding hydrogens is 226 g/mol. The lowest BCUT2D eigenvalue weighted by Crippen LogP contribution is -2.24. The van der Waals surface area contributed by atoms with Crippen molar-refractivity contribution < 1.29 is 9.90 Å². The van der Waals surface area contributed by atoms with Crippen molar-refractivity contribution >= 4 is 11.7 Å². The Morgan fingerprint density at radius 3 is 2.89 bits per heavy atom. The molecule has 1 aromatic carbocycles. The van der Waals surface area contributed by atoms with Crippen molar-refractivity contribution in [3.8, 4) is 0 Å². The molecule has 0 bridgehead atoms. The van der Waals surface area contributed by atoms with Crippen LogP contribution in [-0.2, 0) is 0 Å². The number of hydrogen-bond donors (Lipinski definition) is 2. The summed E-state index contributed by atoms with van der Waals surface area (Å²) in [5.74, 6) is -0.144. The van der Waals surface area contributed by atoms with Gasteiger partial charge in [0, 0.05) is 11.7 Å². The van der Waals surface area contributed by atoms with Crippen molar-refractivity contribution in [3.63, 3.8) is 0 Å². The quantitative estimate of drug-likeness (QED) is 0.853. The molecule has 2 atom stereocenters. The van der Waals surface area contributed by atoms with Crippen LogP contribution in [0.4, 0.5) is 5.69 Å². The van der Waals surface area contributed by atoms with E-state index in [9.17, 15) is 4.79 Å². The van der Waals surface area contributed by atoms with Gasteiger partial charge in [0.15, 0.2) is 0 Å². The first kappa shape index (κ1) is 12.9. The summed E-state index contributed by atoms with van der Waals surface area (Å²) < 4.78 is 0. The lowest BCUT2D eigenvalue weighted by atomic mass is 9.99. The predicted molar refractivity (Wildman–Crippen MR) is 73.2 cm³/mol. The number of benzene rings is 1. The minimum atomic E-state index is -0.864. The fourth-order valence-corrected chi connectivity index (χ4v) is 2.83. The van der Waals surface area contributed by atoms with Crippen molar-refractivity contribution in [1.29, 1.82) is 0 Å². The van der Waals surface area contributed by atoms with E-state index in [0.717, 1.165) is 17.2 Å². The second-order valence-corrected chi connectivity index (χ2v) is 5.18. The maximum absolute atomic E-state index is 11.0. The minimum absolute atomic E-state index is 0.356. The van der Waals surface area contributed by atoms with Crippen LogP contribution in [0.15, 0.2) is 18.2 Å². The monoisotopic (exact) mass is 247 g/mol. The largest absolute Gasteiger partial charge is 0.478 e. The molecule has 1 aliphatic rings. The molecule has 1 aromatic rings. The molecular formula is C15H21NO2. The van der Waals surface area contributed by atoms with Crippen molar-refractivity contribution in [3.05, 3.63) is 29.3 Å². The van der Waals surface area contributed by atoms with Crippen LogP contribution in [0.5, 0.6) is 0 Å². The van der Waals surface area contributed by atoms with Gasteiger partial charge in [0.05, 0.1) is 5.56 Å². The van der Waals surface area contributed by atoms with Gasteiger partial charge in [0.25, 0.3) is 0 Å². The highest BCUT2D eigenvalue weighted by atomic mass is 16.4. The van der Waals surface area contributed by atoms with Gasteiger partial charge < -0.3 is 10.4 Å². The Labute approximate surface area is 108 Å². The van der Waals surface area contributed by atoms with Crippen molar-refractivity contribution in [1.82, 2.24) is 0 Å². The van der Waals surface area contributed by atoms with Gasteiger partial charge in [-0.3, -0.25) is 0 Å². The summed E-state index contributed by atoms with van der Waals surface area (Å²) in [6, 6.07) is 5.79. The summed E-state index contributed by atoms with van der Waals surface area (Å²) in [6.07, 6.45) is 4.93. The topological polar surface area (TPSA) is 49.3 Å². The Balaban J connectivity index is 2.17. The highest BCUT2D eigenvalue weighted by Crippen LogP contribution is 2.31. The number of hydrogen-bond acceptors (Lipinski definition) is 2. The zero-order chi connectivity index (χ0) is 13.1. The van der Waals surface area contributed by atoms with Crippen LogP contribution in [0.3, 0.4) is 0 Å². The third kappa shape index (κ3) is 2.66. The highest BCUT2D eigenvalue weighted by molar-refractivity contribution is 5.89. The molecule has 0 saturated heterocycles. The number of nitrogens with one attached hydrogen (secondary N) is 1. The maximum Gasteiger partial charge on any atom is 0.335 e. The third-order valence-corrected chi connectivity index (χ3v) is 4.01. The van der Waals surface area contributed by atoms with Gasteiger partial charge in [-0.25, -0.2) is 4.79 Å². The Kier molecular flexibility index (Phi) is 3.90. The predicted octanol–water partition coefficient (Wildman–Crippen LogP) is 3.68. The van der Waals surface area contributed by atoms with E-state index in [2.05, 4.69) is 12.2 Å². The van der Waals surface area contributed by atoms with Crippen LogP contribution in [0, 0.1) is 12.8 Å². The fourth-order valence-electron chi connectivity index (χ4n) is 2.83. The van der Waals surface area contributed by atoms with E-state index >= 15 is 0 Å². The van der Waals surface area contributed by atoms with E-state index in [4.69, 9.17) is 5.11 Å². The lowest BCUT2D eigenvalue weighted by Gasteiger charge is -2.22. The average Bonchev–Trinajstić information content (AvgIpc) is 2.79. The standard InChI is InChI=1S/C15H21NO2/c1-3-11-5-4-6-13(11)16-14-9-12(15(17)18)8-7-10(14)2/h7-9,11,13,16H,3-6H2,1-2H3,(H,17,18). The Hall–Kier alpha value is -1.51. The van der Waals surface area contributed by atoms with E-state index in [1.165, 1.54) is 25.7 Å². The second-order valence-electron chi connectivity index (χ2n) is 5.18. The Bertz CT molecular complexity index is 442. The fraction of sp³-hybridized carbons (Fsp3) is 0.533. The Morgan fingerprint density at radius 2 is 2.22 bits per heavy atom. The van der Waals surface area contributed by atoms with Crippen LogP contribution >= 0.6 is 0 Å². The molecule has 2 N–H and O–H groups in total. The number of carboxylic acids is 1. The van der Waals surface area contributed by atoms with Gasteiger partial charge >= 0.3 is 5.97 Å². The van der Waals surface area contributed by atoms with Crippen molar-refractivity contribution in [2.24, 2.45) is 5.92 Å². The van der Waals surface area contributed by atoms with Crippen LogP contribution in [0.1, 0.15) is 48.5 Å². The lowest BCUT2D eigenvalue weighted by molar-refractivity contribution is 0.0697. The van der Waals surface area contributed by atoms with E-state index in [1.54, 1.807) is 12.1 Å². The van der Waals surface area contributed by atoms with E-state index in [1.807, 2.05) is 13.0 Å². The van der Waals surface area contributed by atoms with Gasteiger partial charge in [0.1, 0.15) is 0 Å². The second kappa shape index (κ2) is 5.42. The van der Waals surface area contributed by atoms with Crippen LogP contribution in [-0.4, -0.2) is 17.1 Å². The molecule has 1 saturated carbocycles. The third-order valence-electron chi connectivity index (χ3n) is 4.01. The summed E-state index contributed by atoms with van der Waals surface area (Å²) >= 11 is 0. The van der Waals surface area contributed by atoms with Gasteiger partial charge in [-0.05, 0) is 43.4 Å². The molecule has 1 fully saturated rings. The molecule has 0 aromatic heterocycles. The zero-order valence-corrected chi connectivity index (χ0v) is 11.1. The Morgan fingerprint density at radius 1 is 1.44 bits per heavy atom. The number of aromatic carboxylic acids is 1. The number of carbonyl (C=O) groups is 1. The van der Waals surface area contributed by atoms with E-state index in [-0.39, 0.29) is 0 Å². The number of rotatable bonds is 4. The van der Waals surface area contributed by atoms with Gasteiger partial charge in [-0.1, -0.05) is 25.8 Å². The molecule has 0 radical (unpaired) electrons. The van der Waals surface area contributed by atoms with E-state index < -0.39 is 5.97 Å². The summed E-state index contributed by atoms with van der Waals surface area (Å²) in [4.78, 5) is 11.0. The molecule has 0 amide bonds. The molecule has 1 aliphatic carbocycles. The molecule has 3 heteroatoms. The highest BCUT2D eigenvalue weighted by Gasteiger charge is 2.25. The summed E-state index contributed by atoms with van der Waals surface area (Å²) in [5.41, 5.74) is 2.44. The molecule has 18 heavy (non-hydrogen) atoms. The first-order valence-corrected chi connectivity index (χ1v) is 6.72. The molecule has 2 rings (SSSR count). The normalized spacial score (nSPS) is 23.0. The van der Waals surface area contributed by atoms with Crippen molar-refractivity contribution in [2.75, 3.05) is 5.32 Å². The molecule has 3 nitrogen and oxygen atoms in total. The molecule has 0 heterocycles. The maximum atomic E-state index is 11.0. The van der Waals surface area contributed by atoms with Crippen molar-refractivity contribution in [2.45, 2.75) is 45.6 Å². The number of anilines is 1. The minimum Gasteiger partial charge on any atom is -0.478 e. The summed E-state index contributed by atoms with van der Waals surface area (Å²) in [5, 5.41) is 12.6. The molecule has 0 spiro atoms. The average molecular weight is 247 g/mol. The van der Waals surface area contributed by atoms with E-state index in [0.29, 0.717) is 11.6 Å². The van der Waals surface area contributed by atoms with Gasteiger partial charge in [-0.15, -0.1) is 0 Å². The SMILES string of the molecule is CCC1CCCC1Nc1cc(C(=O)O)ccc1C. The molecule has 98 valence electrons. The summed E-state index contributed by atoms with van der Waals surface area (Å²) in [7, 11) is 0. The smallest absolute Gasteiger partial charge is 0.335 e. The molecule has 2 unspecified atom stereocenters. The molecule has 0 aliphatic heterocycles. The zero-order valence-electron chi connectivity index (χ0n) is 11.1. The van der Waals surface area contributed by atoms with Crippen LogP contribution < -0.4 is 5.32 Å². The number of aryl methyl sites for hydroxylation is 1. The van der Waals surface area contributed by atoms with Gasteiger partial charge in [0.2, 0.25) is 0 Å². The summed E-state index contributed by atoms with van der Waals surface area (Å²) in [6.45, 7) is 4.25. The first-order chi connectivity index (χ1) is 8.61. The number of carboxylic acid groups (broad SMARTS) is 1. The first-order valence-electron chi connectivity index (χ1n) is 6.72. The van der Waals surface area contributed by atoms with Gasteiger partial charge in [-0.2, -0.15) is 0 Å². The van der Waals surface area contributed by atoms with Crippen LogP contribution in [0.25, 0.3) is 0 Å². The van der Waals surface area contributed by atoms with Crippen LogP contribution in [0.2, 0.25) is 0 Å².